The maximum Gasteiger partial charge on any atom is 0.341 e. The molecule has 0 aliphatic carbocycles. The molecule has 0 aliphatic rings. The van der Waals surface area contributed by atoms with E-state index in [-0.39, 0.29) is 12.5 Å². The lowest BCUT2D eigenvalue weighted by Crippen LogP contribution is -2.11. The lowest BCUT2D eigenvalue weighted by Gasteiger charge is -2.06. The predicted octanol–water partition coefficient (Wildman–Crippen LogP) is 3.24. The molecule has 1 aromatic carbocycles. The number of aromatic nitrogens is 3. The van der Waals surface area contributed by atoms with Crippen LogP contribution in [0.15, 0.2) is 55.0 Å². The fourth-order valence-corrected chi connectivity index (χ4v) is 2.88. The molecule has 3 heterocycles. The molecule has 130 valence electrons. The average molecular weight is 348 g/mol. The van der Waals surface area contributed by atoms with Crippen molar-refractivity contribution in [3.05, 3.63) is 66.1 Å². The minimum Gasteiger partial charge on any atom is -0.462 e. The minimum atomic E-state index is -0.442. The lowest BCUT2D eigenvalue weighted by molar-refractivity contribution is 0.0528. The summed E-state index contributed by atoms with van der Waals surface area (Å²) in [6.07, 6.45) is 4.82. The van der Waals surface area contributed by atoms with Crippen molar-refractivity contribution >= 4 is 34.0 Å². The van der Waals surface area contributed by atoms with Gasteiger partial charge in [0.1, 0.15) is 5.56 Å². The Morgan fingerprint density at radius 1 is 1.23 bits per heavy atom. The summed E-state index contributed by atoms with van der Waals surface area (Å²) in [4.78, 5) is 27.7. The molecule has 0 radical (unpaired) electrons. The number of fused-ring (bicyclic) bond motifs is 2. The summed E-state index contributed by atoms with van der Waals surface area (Å²) in [6.45, 7) is 2.03. The van der Waals surface area contributed by atoms with Crippen molar-refractivity contribution in [3.63, 3.8) is 0 Å². The number of anilines is 1. The van der Waals surface area contributed by atoms with Gasteiger partial charge in [0.2, 0.25) is 0 Å². The van der Waals surface area contributed by atoms with E-state index in [1.54, 1.807) is 36.0 Å². The number of nitrogens with zero attached hydrogens (tertiary/aromatic N) is 2. The summed E-state index contributed by atoms with van der Waals surface area (Å²) in [5.74, 6) is -0.674. The van der Waals surface area contributed by atoms with Gasteiger partial charge in [-0.1, -0.05) is 18.2 Å². The van der Waals surface area contributed by atoms with Crippen molar-refractivity contribution in [1.82, 2.24) is 14.6 Å². The SMILES string of the molecule is CCOC(=O)c1cnn2ccc(NC(=O)c3c[nH]c4ccccc34)cc12. The summed E-state index contributed by atoms with van der Waals surface area (Å²) in [5.41, 5.74) is 2.95. The van der Waals surface area contributed by atoms with E-state index in [9.17, 15) is 9.59 Å². The second-order valence-corrected chi connectivity index (χ2v) is 5.73. The molecule has 0 unspecified atom stereocenters. The third-order valence-electron chi connectivity index (χ3n) is 4.11. The van der Waals surface area contributed by atoms with Crippen molar-refractivity contribution in [2.24, 2.45) is 0 Å². The van der Waals surface area contributed by atoms with Gasteiger partial charge in [-0.3, -0.25) is 4.79 Å². The van der Waals surface area contributed by atoms with Crippen LogP contribution in [0.25, 0.3) is 16.4 Å². The Morgan fingerprint density at radius 3 is 2.92 bits per heavy atom. The Balaban J connectivity index is 1.65. The molecule has 0 aliphatic heterocycles. The van der Waals surface area contributed by atoms with Crippen LogP contribution in [-0.4, -0.2) is 33.1 Å². The number of carbonyl (C=O) groups excluding carboxylic acids is 2. The molecule has 0 saturated carbocycles. The zero-order chi connectivity index (χ0) is 18.1. The number of esters is 1. The summed E-state index contributed by atoms with van der Waals surface area (Å²) in [5, 5.41) is 7.85. The number of hydrogen-bond donors (Lipinski definition) is 2. The number of aromatic amines is 1. The van der Waals surface area contributed by atoms with Crippen LogP contribution in [0, 0.1) is 0 Å². The highest BCUT2D eigenvalue weighted by Gasteiger charge is 2.16. The van der Waals surface area contributed by atoms with Crippen LogP contribution in [0.1, 0.15) is 27.6 Å². The normalized spacial score (nSPS) is 11.0. The van der Waals surface area contributed by atoms with E-state index in [1.165, 1.54) is 6.20 Å². The third kappa shape index (κ3) is 2.69. The molecule has 0 fully saturated rings. The van der Waals surface area contributed by atoms with Gasteiger partial charge in [0.25, 0.3) is 5.91 Å². The Hall–Kier alpha value is -3.61. The lowest BCUT2D eigenvalue weighted by atomic mass is 10.1. The summed E-state index contributed by atoms with van der Waals surface area (Å²) >= 11 is 0. The van der Waals surface area contributed by atoms with Crippen LogP contribution in [0.4, 0.5) is 5.69 Å². The second-order valence-electron chi connectivity index (χ2n) is 5.73. The standard InChI is InChI=1S/C19H16N4O3/c1-2-26-19(25)15-11-21-23-8-7-12(9-17(15)23)22-18(24)14-10-20-16-6-4-3-5-13(14)16/h3-11,20H,2H2,1H3,(H,22,24). The van der Waals surface area contributed by atoms with Gasteiger partial charge in [-0.25, -0.2) is 9.31 Å². The van der Waals surface area contributed by atoms with E-state index < -0.39 is 5.97 Å². The van der Waals surface area contributed by atoms with Gasteiger partial charge >= 0.3 is 5.97 Å². The number of H-pyrrole nitrogens is 1. The Morgan fingerprint density at radius 2 is 2.08 bits per heavy atom. The van der Waals surface area contributed by atoms with Crippen LogP contribution in [0.2, 0.25) is 0 Å². The number of rotatable bonds is 4. The topological polar surface area (TPSA) is 88.5 Å². The number of pyridine rings is 1. The van der Waals surface area contributed by atoms with Gasteiger partial charge in [-0.15, -0.1) is 0 Å². The fourth-order valence-electron chi connectivity index (χ4n) is 2.88. The molecule has 0 bridgehead atoms. The highest BCUT2D eigenvalue weighted by atomic mass is 16.5. The molecule has 3 aromatic heterocycles. The first-order chi connectivity index (χ1) is 12.7. The second kappa shape index (κ2) is 6.36. The van der Waals surface area contributed by atoms with Gasteiger partial charge in [0.05, 0.1) is 23.9 Å². The largest absolute Gasteiger partial charge is 0.462 e. The van der Waals surface area contributed by atoms with E-state index in [2.05, 4.69) is 15.4 Å². The predicted molar refractivity (Wildman–Crippen MR) is 97.4 cm³/mol. The molecule has 0 atom stereocenters. The van der Waals surface area contributed by atoms with Crippen LogP contribution >= 0.6 is 0 Å². The highest BCUT2D eigenvalue weighted by Crippen LogP contribution is 2.21. The first-order valence-corrected chi connectivity index (χ1v) is 8.19. The van der Waals surface area contributed by atoms with Gasteiger partial charge in [0.15, 0.2) is 0 Å². The zero-order valence-corrected chi connectivity index (χ0v) is 14.0. The zero-order valence-electron chi connectivity index (χ0n) is 14.0. The number of para-hydroxylation sites is 1. The maximum absolute atomic E-state index is 12.6. The smallest absolute Gasteiger partial charge is 0.341 e. The van der Waals surface area contributed by atoms with E-state index in [1.807, 2.05) is 24.3 Å². The van der Waals surface area contributed by atoms with Crippen molar-refractivity contribution < 1.29 is 14.3 Å². The molecule has 26 heavy (non-hydrogen) atoms. The monoisotopic (exact) mass is 348 g/mol. The number of ether oxygens (including phenoxy) is 1. The molecule has 7 heteroatoms. The molecule has 0 saturated heterocycles. The van der Waals surface area contributed by atoms with Crippen molar-refractivity contribution in [1.29, 1.82) is 0 Å². The van der Waals surface area contributed by atoms with Gasteiger partial charge < -0.3 is 15.0 Å². The van der Waals surface area contributed by atoms with Crippen LogP contribution in [-0.2, 0) is 4.74 Å². The Bertz CT molecular complexity index is 1130. The fraction of sp³-hybridized carbons (Fsp3) is 0.105. The van der Waals surface area contributed by atoms with Gasteiger partial charge in [-0.05, 0) is 25.1 Å². The molecule has 7 nitrogen and oxygen atoms in total. The number of carbonyl (C=O) groups is 2. The summed E-state index contributed by atoms with van der Waals surface area (Å²) in [6, 6.07) is 11.0. The third-order valence-corrected chi connectivity index (χ3v) is 4.11. The molecule has 0 spiro atoms. The number of hydrogen-bond acceptors (Lipinski definition) is 4. The first kappa shape index (κ1) is 15.9. The molecular formula is C19H16N4O3. The maximum atomic E-state index is 12.6. The number of amides is 1. The first-order valence-electron chi connectivity index (χ1n) is 8.19. The van der Waals surface area contributed by atoms with E-state index in [0.29, 0.717) is 22.3 Å². The van der Waals surface area contributed by atoms with E-state index >= 15 is 0 Å². The van der Waals surface area contributed by atoms with Crippen LogP contribution in [0.3, 0.4) is 0 Å². The van der Waals surface area contributed by atoms with Crippen molar-refractivity contribution in [2.75, 3.05) is 11.9 Å². The molecular weight excluding hydrogens is 332 g/mol. The van der Waals surface area contributed by atoms with E-state index in [4.69, 9.17) is 4.74 Å². The molecule has 1 amide bonds. The number of benzene rings is 1. The van der Waals surface area contributed by atoms with Gasteiger partial charge in [0, 0.05) is 29.0 Å². The Labute approximate surface area is 148 Å². The summed E-state index contributed by atoms with van der Waals surface area (Å²) in [7, 11) is 0. The van der Waals surface area contributed by atoms with Crippen LogP contribution < -0.4 is 5.32 Å². The quantitative estimate of drug-likeness (QED) is 0.554. The number of nitrogens with one attached hydrogen (secondary N) is 2. The Kier molecular flexibility index (Phi) is 3.89. The van der Waals surface area contributed by atoms with Crippen molar-refractivity contribution in [3.8, 4) is 0 Å². The average Bonchev–Trinajstić information content (AvgIpc) is 3.25. The van der Waals surface area contributed by atoms with Crippen molar-refractivity contribution in [2.45, 2.75) is 6.92 Å². The highest BCUT2D eigenvalue weighted by molar-refractivity contribution is 6.13. The minimum absolute atomic E-state index is 0.232. The molecule has 4 rings (SSSR count). The van der Waals surface area contributed by atoms with E-state index in [0.717, 1.165) is 10.9 Å². The molecule has 4 aromatic rings. The molecule has 2 N–H and O–H groups in total. The summed E-state index contributed by atoms with van der Waals surface area (Å²) < 4.78 is 6.60. The van der Waals surface area contributed by atoms with Crippen LogP contribution in [0.5, 0.6) is 0 Å². The van der Waals surface area contributed by atoms with Gasteiger partial charge in [-0.2, -0.15) is 5.10 Å².